The van der Waals surface area contributed by atoms with Gasteiger partial charge in [-0.05, 0) is 57.0 Å². The van der Waals surface area contributed by atoms with Crippen molar-refractivity contribution in [3.8, 4) is 28.8 Å². The second-order valence-corrected chi connectivity index (χ2v) is 13.0. The Bertz CT molecular complexity index is 1870. The summed E-state index contributed by atoms with van der Waals surface area (Å²) in [4.78, 5) is 26.4. The van der Waals surface area contributed by atoms with Gasteiger partial charge in [0.1, 0.15) is 46.8 Å². The van der Waals surface area contributed by atoms with Crippen LogP contribution in [0.5, 0.6) is 11.5 Å². The Morgan fingerprint density at radius 3 is 2.67 bits per heavy atom. The molecule has 2 aromatic heterocycles. The van der Waals surface area contributed by atoms with E-state index in [1.807, 2.05) is 32.0 Å². The molecule has 2 N–H and O–H groups in total. The molecule has 7 rings (SSSR count). The zero-order valence-electron chi connectivity index (χ0n) is 25.8. The van der Waals surface area contributed by atoms with Crippen molar-refractivity contribution in [3.05, 3.63) is 72.3 Å². The third-order valence-corrected chi connectivity index (χ3v) is 9.29. The van der Waals surface area contributed by atoms with Gasteiger partial charge in [0.25, 0.3) is 5.91 Å². The molecule has 0 unspecified atom stereocenters. The fraction of sp³-hybridized carbons (Fsp3) is 0.382. The van der Waals surface area contributed by atoms with Gasteiger partial charge in [-0.3, -0.25) is 9.69 Å². The summed E-state index contributed by atoms with van der Waals surface area (Å²) in [6.07, 6.45) is 4.65. The van der Waals surface area contributed by atoms with Crippen LogP contribution in [0, 0.1) is 22.6 Å². The van der Waals surface area contributed by atoms with Gasteiger partial charge in [-0.1, -0.05) is 18.2 Å². The van der Waals surface area contributed by atoms with E-state index >= 15 is 4.39 Å². The lowest BCUT2D eigenvalue weighted by atomic mass is 9.75. The number of nitrogens with two attached hydrogens (primary N) is 1. The number of ether oxygens (including phenoxy) is 2. The van der Waals surface area contributed by atoms with Gasteiger partial charge in [0.2, 0.25) is 0 Å². The van der Waals surface area contributed by atoms with Gasteiger partial charge in [-0.2, -0.15) is 10.4 Å². The highest BCUT2D eigenvalue weighted by Crippen LogP contribution is 2.42. The molecule has 3 fully saturated rings. The van der Waals surface area contributed by atoms with Gasteiger partial charge in [0.05, 0.1) is 31.2 Å². The van der Waals surface area contributed by atoms with Crippen LogP contribution in [0.25, 0.3) is 22.3 Å². The average molecular weight is 623 g/mol. The highest BCUT2D eigenvalue weighted by molar-refractivity contribution is 5.99. The smallest absolute Gasteiger partial charge is 0.264 e. The summed E-state index contributed by atoms with van der Waals surface area (Å²) in [7, 11) is 0. The summed E-state index contributed by atoms with van der Waals surface area (Å²) in [5, 5.41) is 15.3. The van der Waals surface area contributed by atoms with Crippen molar-refractivity contribution in [2.75, 3.05) is 38.6 Å². The number of amides is 1. The lowest BCUT2D eigenvalue weighted by molar-refractivity contribution is -0.204. The Hall–Kier alpha value is -4.86. The van der Waals surface area contributed by atoms with E-state index in [-0.39, 0.29) is 34.3 Å². The maximum atomic E-state index is 15.6. The Labute approximate surface area is 266 Å². The molecule has 1 spiro atoms. The molecular weight excluding hydrogens is 587 g/mol. The number of benzene rings is 2. The van der Waals surface area contributed by atoms with Gasteiger partial charge >= 0.3 is 0 Å². The maximum Gasteiger partial charge on any atom is 0.264 e. The molecule has 12 heteroatoms. The number of nitrogens with zero attached hydrogens (tertiary/aromatic N) is 7. The number of para-hydroxylation sites is 1. The van der Waals surface area contributed by atoms with Crippen molar-refractivity contribution < 1.29 is 18.7 Å². The second kappa shape index (κ2) is 11.5. The van der Waals surface area contributed by atoms with E-state index in [9.17, 15) is 10.1 Å². The number of rotatable bonds is 8. The molecule has 0 bridgehead atoms. The van der Waals surface area contributed by atoms with Crippen molar-refractivity contribution in [1.29, 1.82) is 5.26 Å². The highest BCUT2D eigenvalue weighted by atomic mass is 19.1. The second-order valence-electron chi connectivity index (χ2n) is 13.0. The third-order valence-electron chi connectivity index (χ3n) is 9.29. The predicted octanol–water partition coefficient (Wildman–Crippen LogP) is 4.56. The molecule has 5 heterocycles. The van der Waals surface area contributed by atoms with Crippen LogP contribution in [0.3, 0.4) is 0 Å². The number of halogens is 1. The first-order valence-corrected chi connectivity index (χ1v) is 15.4. The molecule has 236 valence electrons. The lowest BCUT2D eigenvalue weighted by Crippen LogP contribution is -2.70. The van der Waals surface area contributed by atoms with Gasteiger partial charge in [-0.25, -0.2) is 19.0 Å². The van der Waals surface area contributed by atoms with Crippen LogP contribution in [-0.2, 0) is 16.1 Å². The van der Waals surface area contributed by atoms with Crippen LogP contribution in [0.1, 0.15) is 26.7 Å². The molecule has 11 nitrogen and oxygen atoms in total. The number of nitrogen functional groups attached to an aromatic ring is 1. The number of hydrogen-bond acceptors (Lipinski definition) is 9. The summed E-state index contributed by atoms with van der Waals surface area (Å²) in [6, 6.07) is 15.6. The number of aromatic nitrogens is 4. The minimum absolute atomic E-state index is 0.125. The van der Waals surface area contributed by atoms with Crippen LogP contribution >= 0.6 is 0 Å². The monoisotopic (exact) mass is 622 g/mol. The van der Waals surface area contributed by atoms with E-state index < -0.39 is 11.4 Å². The van der Waals surface area contributed by atoms with Gasteiger partial charge < -0.3 is 20.1 Å². The molecule has 4 aromatic rings. The number of carbonyl (C=O) groups excluding carboxylic acids is 1. The van der Waals surface area contributed by atoms with Crippen molar-refractivity contribution in [1.82, 2.24) is 29.5 Å². The van der Waals surface area contributed by atoms with Crippen LogP contribution in [0.4, 0.5) is 10.2 Å². The predicted molar refractivity (Wildman–Crippen MR) is 169 cm³/mol. The van der Waals surface area contributed by atoms with Crippen molar-refractivity contribution in [3.63, 3.8) is 0 Å². The minimum Gasteiger partial charge on any atom is -0.457 e. The fourth-order valence-electron chi connectivity index (χ4n) is 6.70. The van der Waals surface area contributed by atoms with Crippen LogP contribution in [0.2, 0.25) is 0 Å². The van der Waals surface area contributed by atoms with E-state index in [0.717, 1.165) is 39.1 Å². The van der Waals surface area contributed by atoms with E-state index in [4.69, 9.17) is 20.3 Å². The summed E-state index contributed by atoms with van der Waals surface area (Å²) in [5.74, 6) is 0.272. The lowest BCUT2D eigenvalue weighted by Gasteiger charge is -2.59. The molecule has 3 aliphatic rings. The van der Waals surface area contributed by atoms with Crippen LogP contribution < -0.4 is 10.5 Å². The largest absolute Gasteiger partial charge is 0.457 e. The summed E-state index contributed by atoms with van der Waals surface area (Å²) in [5.41, 5.74) is 7.15. The number of carbonyl (C=O) groups is 1. The number of fused-ring (bicyclic) bond motifs is 1. The normalized spacial score (nSPS) is 19.6. The quantitative estimate of drug-likeness (QED) is 0.222. The van der Waals surface area contributed by atoms with E-state index in [2.05, 4.69) is 20.9 Å². The van der Waals surface area contributed by atoms with Crippen LogP contribution in [0.15, 0.2) is 66.5 Å². The zero-order valence-corrected chi connectivity index (χ0v) is 25.8. The SMILES string of the molecule is CC(C)(/C=C(/C#N)C(=O)N1CCC[C@@H]1Cn1nc(-c2ccc(Oc3ccccc3)cc2F)c2c(N)ncnc21)N1CC2(COC2)C1. The number of nitriles is 1. The highest BCUT2D eigenvalue weighted by Gasteiger charge is 2.52. The van der Waals surface area contributed by atoms with Gasteiger partial charge in [-0.15, -0.1) is 0 Å². The van der Waals surface area contributed by atoms with Crippen molar-refractivity contribution >= 4 is 22.8 Å². The van der Waals surface area contributed by atoms with E-state index in [1.54, 1.807) is 39.9 Å². The Morgan fingerprint density at radius 1 is 1.20 bits per heavy atom. The Kier molecular flexibility index (Phi) is 7.45. The molecule has 1 amide bonds. The molecule has 46 heavy (non-hydrogen) atoms. The summed E-state index contributed by atoms with van der Waals surface area (Å²) in [6.45, 7) is 8.20. The minimum atomic E-state index is -0.537. The first kappa shape index (κ1) is 29.8. The maximum absolute atomic E-state index is 15.6. The fourth-order valence-corrected chi connectivity index (χ4v) is 6.70. The van der Waals surface area contributed by atoms with Crippen LogP contribution in [-0.4, -0.2) is 79.9 Å². The molecule has 0 saturated carbocycles. The molecule has 1 atom stereocenters. The Balaban J connectivity index is 1.14. The molecule has 2 aromatic carbocycles. The molecule has 0 aliphatic carbocycles. The Morgan fingerprint density at radius 2 is 1.98 bits per heavy atom. The molecule has 3 saturated heterocycles. The topological polar surface area (TPSA) is 135 Å². The first-order chi connectivity index (χ1) is 22.2. The summed E-state index contributed by atoms with van der Waals surface area (Å²) >= 11 is 0. The van der Waals surface area contributed by atoms with E-state index in [0.29, 0.717) is 41.3 Å². The number of likely N-dealkylation sites (tertiary alicyclic amines) is 2. The molecule has 3 aliphatic heterocycles. The molecule has 0 radical (unpaired) electrons. The zero-order chi connectivity index (χ0) is 32.1. The van der Waals surface area contributed by atoms with Crippen molar-refractivity contribution in [2.24, 2.45) is 5.41 Å². The third kappa shape index (κ3) is 5.35. The first-order valence-electron chi connectivity index (χ1n) is 15.4. The summed E-state index contributed by atoms with van der Waals surface area (Å²) < 4.78 is 28.4. The number of anilines is 1. The van der Waals surface area contributed by atoms with Gasteiger partial charge in [0.15, 0.2) is 5.65 Å². The average Bonchev–Trinajstić information content (AvgIpc) is 3.60. The van der Waals surface area contributed by atoms with Crippen molar-refractivity contribution in [2.45, 2.75) is 44.8 Å². The van der Waals surface area contributed by atoms with E-state index in [1.165, 1.54) is 12.4 Å². The molecular formula is C34H35FN8O3. The number of hydrogen-bond donors (Lipinski definition) is 1. The standard InChI is InChI=1S/C34H35FN8O3/c1-33(2,41-17-34(18-41)19-45-20-34)14-22(15-36)32(44)42-12-6-7-23(42)16-43-31-28(30(37)38-21-39-31)29(40-43)26-11-10-25(13-27(26)35)46-24-8-4-3-5-9-24/h3-5,8-11,13-14,21,23H,6-7,12,16-20H2,1-2H3,(H2,37,38,39)/b22-14-/t23-/m1/s1. The van der Waals surface area contributed by atoms with Gasteiger partial charge in [0, 0.05) is 42.2 Å².